The number of rotatable bonds is 3. The fourth-order valence-electron chi connectivity index (χ4n) is 3.94. The van der Waals surface area contributed by atoms with E-state index in [4.69, 9.17) is 4.74 Å². The summed E-state index contributed by atoms with van der Waals surface area (Å²) in [7, 11) is 0. The third-order valence-electron chi connectivity index (χ3n) is 5.63. The fourth-order valence-corrected chi connectivity index (χ4v) is 3.94. The Labute approximate surface area is 152 Å². The number of hydrogen-bond acceptors (Lipinski definition) is 4. The molecule has 2 aromatic rings. The van der Waals surface area contributed by atoms with E-state index < -0.39 is 6.10 Å². The van der Waals surface area contributed by atoms with Crippen molar-refractivity contribution in [3.8, 4) is 5.75 Å². The lowest BCUT2D eigenvalue weighted by atomic mass is 10.0. The van der Waals surface area contributed by atoms with Crippen LogP contribution in [0.15, 0.2) is 24.3 Å². The number of benzene rings is 1. The van der Waals surface area contributed by atoms with Crippen molar-refractivity contribution < 1.29 is 14.6 Å². The molecule has 0 radical (unpaired) electrons. The molecule has 6 nitrogen and oxygen atoms in total. The number of nitrogens with zero attached hydrogens (tertiary/aromatic N) is 3. The van der Waals surface area contributed by atoms with E-state index in [0.29, 0.717) is 25.6 Å². The fraction of sp³-hybridized carbons (Fsp3) is 0.500. The molecule has 1 saturated carbocycles. The molecule has 3 heterocycles. The van der Waals surface area contributed by atoms with Crippen LogP contribution in [0.25, 0.3) is 0 Å². The molecule has 0 saturated heterocycles. The van der Waals surface area contributed by atoms with Crippen LogP contribution in [0.5, 0.6) is 5.75 Å². The normalized spacial score (nSPS) is 20.1. The van der Waals surface area contributed by atoms with E-state index >= 15 is 0 Å². The van der Waals surface area contributed by atoms with Gasteiger partial charge in [0.25, 0.3) is 5.91 Å². The molecule has 1 N–H and O–H groups in total. The molecule has 1 aromatic carbocycles. The Balaban J connectivity index is 1.34. The van der Waals surface area contributed by atoms with Crippen LogP contribution in [-0.2, 0) is 19.5 Å². The first-order valence-corrected chi connectivity index (χ1v) is 9.49. The Bertz CT molecular complexity index is 856. The van der Waals surface area contributed by atoms with Crippen molar-refractivity contribution in [3.63, 3.8) is 0 Å². The summed E-state index contributed by atoms with van der Waals surface area (Å²) in [6.45, 7) is 2.61. The van der Waals surface area contributed by atoms with E-state index in [1.54, 1.807) is 0 Å². The van der Waals surface area contributed by atoms with Crippen molar-refractivity contribution in [3.05, 3.63) is 46.8 Å². The van der Waals surface area contributed by atoms with Gasteiger partial charge in [-0.1, -0.05) is 0 Å². The maximum atomic E-state index is 13.0. The predicted octanol–water partition coefficient (Wildman–Crippen LogP) is 2.31. The van der Waals surface area contributed by atoms with Crippen molar-refractivity contribution in [2.24, 2.45) is 5.92 Å². The number of aryl methyl sites for hydroxylation is 1. The SMILES string of the molecule is O=C(c1ccc2c(c1)CCCO2)N1CCn2nc([C@H](O)C3CC3)cc2C1. The van der Waals surface area contributed by atoms with Crippen LogP contribution in [0.1, 0.15) is 52.7 Å². The molecule has 0 spiro atoms. The third-order valence-corrected chi connectivity index (χ3v) is 5.63. The van der Waals surface area contributed by atoms with Gasteiger partial charge in [-0.3, -0.25) is 9.48 Å². The van der Waals surface area contributed by atoms with Crippen LogP contribution in [-0.4, -0.2) is 38.8 Å². The zero-order valence-electron chi connectivity index (χ0n) is 14.7. The van der Waals surface area contributed by atoms with Gasteiger partial charge >= 0.3 is 0 Å². The molecule has 1 fully saturated rings. The minimum Gasteiger partial charge on any atom is -0.493 e. The van der Waals surface area contributed by atoms with Gasteiger partial charge in [-0.15, -0.1) is 0 Å². The molecule has 1 aromatic heterocycles. The largest absolute Gasteiger partial charge is 0.493 e. The molecular weight excluding hydrogens is 330 g/mol. The number of carbonyl (C=O) groups excluding carboxylic acids is 1. The second-order valence-electron chi connectivity index (χ2n) is 7.57. The van der Waals surface area contributed by atoms with Gasteiger partial charge in [0, 0.05) is 12.1 Å². The average Bonchev–Trinajstić information content (AvgIpc) is 3.44. The van der Waals surface area contributed by atoms with Crippen molar-refractivity contribution in [1.82, 2.24) is 14.7 Å². The van der Waals surface area contributed by atoms with E-state index in [9.17, 15) is 9.90 Å². The van der Waals surface area contributed by atoms with Gasteiger partial charge in [-0.2, -0.15) is 5.10 Å². The summed E-state index contributed by atoms with van der Waals surface area (Å²) in [6.07, 6.45) is 3.66. The molecule has 0 unspecified atom stereocenters. The molecule has 26 heavy (non-hydrogen) atoms. The Kier molecular flexibility index (Phi) is 3.74. The van der Waals surface area contributed by atoms with Crippen molar-refractivity contribution >= 4 is 5.91 Å². The van der Waals surface area contributed by atoms with Gasteiger partial charge in [0.2, 0.25) is 0 Å². The van der Waals surface area contributed by atoms with Crippen LogP contribution in [0.4, 0.5) is 0 Å². The number of aromatic nitrogens is 2. The van der Waals surface area contributed by atoms with Crippen molar-refractivity contribution in [2.75, 3.05) is 13.2 Å². The highest BCUT2D eigenvalue weighted by atomic mass is 16.5. The third kappa shape index (κ3) is 2.78. The summed E-state index contributed by atoms with van der Waals surface area (Å²) in [5, 5.41) is 14.9. The van der Waals surface area contributed by atoms with Crippen molar-refractivity contribution in [2.45, 2.75) is 44.9 Å². The number of hydrogen-bond donors (Lipinski definition) is 1. The molecule has 136 valence electrons. The Morgan fingerprint density at radius 3 is 3.00 bits per heavy atom. The standard InChI is InChI=1S/C20H23N3O3/c24-19(13-3-4-13)17-11-16-12-22(7-8-23(16)21-17)20(25)15-5-6-18-14(10-15)2-1-9-26-18/h5-6,10-11,13,19,24H,1-4,7-9,12H2/t19-/m1/s1. The maximum Gasteiger partial charge on any atom is 0.254 e. The maximum absolute atomic E-state index is 13.0. The molecule has 5 rings (SSSR count). The molecular formula is C20H23N3O3. The smallest absolute Gasteiger partial charge is 0.254 e. The Morgan fingerprint density at radius 2 is 2.15 bits per heavy atom. The van der Waals surface area contributed by atoms with Gasteiger partial charge in [-0.05, 0) is 61.4 Å². The van der Waals surface area contributed by atoms with Crippen LogP contribution in [0.2, 0.25) is 0 Å². The van der Waals surface area contributed by atoms with Crippen molar-refractivity contribution in [1.29, 1.82) is 0 Å². The van der Waals surface area contributed by atoms with E-state index in [0.717, 1.165) is 60.6 Å². The van der Waals surface area contributed by atoms with Gasteiger partial charge in [0.15, 0.2) is 0 Å². The van der Waals surface area contributed by atoms with Gasteiger partial charge in [-0.25, -0.2) is 0 Å². The number of aliphatic hydroxyl groups is 1. The summed E-state index contributed by atoms with van der Waals surface area (Å²) >= 11 is 0. The predicted molar refractivity (Wildman–Crippen MR) is 94.9 cm³/mol. The minimum atomic E-state index is -0.460. The summed E-state index contributed by atoms with van der Waals surface area (Å²) < 4.78 is 7.58. The molecule has 2 aliphatic heterocycles. The minimum absolute atomic E-state index is 0.0510. The second kappa shape index (κ2) is 6.13. The first kappa shape index (κ1) is 15.9. The monoisotopic (exact) mass is 353 g/mol. The highest BCUT2D eigenvalue weighted by Crippen LogP contribution is 2.40. The van der Waals surface area contributed by atoms with Gasteiger partial charge in [0.1, 0.15) is 11.9 Å². The van der Waals surface area contributed by atoms with Crippen LogP contribution < -0.4 is 4.74 Å². The van der Waals surface area contributed by atoms with Crippen LogP contribution in [0, 0.1) is 5.92 Å². The molecule has 0 bridgehead atoms. The van der Waals surface area contributed by atoms with E-state index in [1.807, 2.05) is 33.8 Å². The lowest BCUT2D eigenvalue weighted by Gasteiger charge is -2.28. The average molecular weight is 353 g/mol. The lowest BCUT2D eigenvalue weighted by Crippen LogP contribution is -2.38. The molecule has 1 amide bonds. The highest BCUT2D eigenvalue weighted by Gasteiger charge is 2.33. The molecule has 3 aliphatic rings. The Morgan fingerprint density at radius 1 is 1.27 bits per heavy atom. The second-order valence-corrected chi connectivity index (χ2v) is 7.57. The number of carbonyl (C=O) groups is 1. The summed E-state index contributed by atoms with van der Waals surface area (Å²) in [5.74, 6) is 1.32. The summed E-state index contributed by atoms with van der Waals surface area (Å²) in [5.41, 5.74) is 3.60. The van der Waals surface area contributed by atoms with E-state index in [2.05, 4.69) is 5.10 Å². The topological polar surface area (TPSA) is 67.6 Å². The first-order chi connectivity index (χ1) is 12.7. The van der Waals surface area contributed by atoms with E-state index in [1.165, 1.54) is 0 Å². The molecule has 1 atom stereocenters. The summed E-state index contributed by atoms with van der Waals surface area (Å²) in [6, 6.07) is 7.72. The highest BCUT2D eigenvalue weighted by molar-refractivity contribution is 5.94. The van der Waals surface area contributed by atoms with Gasteiger partial charge < -0.3 is 14.7 Å². The zero-order chi connectivity index (χ0) is 17.7. The summed E-state index contributed by atoms with van der Waals surface area (Å²) in [4.78, 5) is 14.8. The molecule has 6 heteroatoms. The van der Waals surface area contributed by atoms with Crippen LogP contribution >= 0.6 is 0 Å². The number of amides is 1. The van der Waals surface area contributed by atoms with Crippen LogP contribution in [0.3, 0.4) is 0 Å². The van der Waals surface area contributed by atoms with E-state index in [-0.39, 0.29) is 5.91 Å². The quantitative estimate of drug-likeness (QED) is 0.919. The first-order valence-electron chi connectivity index (χ1n) is 9.49. The number of fused-ring (bicyclic) bond motifs is 2. The molecule has 1 aliphatic carbocycles. The van der Waals surface area contributed by atoms with Gasteiger partial charge in [0.05, 0.1) is 31.1 Å². The lowest BCUT2D eigenvalue weighted by molar-refractivity contribution is 0.0705. The number of ether oxygens (including phenoxy) is 1. The Hall–Kier alpha value is -2.34. The number of aliphatic hydroxyl groups excluding tert-OH is 1. The zero-order valence-corrected chi connectivity index (χ0v) is 14.7.